The zero-order valence-electron chi connectivity index (χ0n) is 19.2. The Labute approximate surface area is 196 Å². The minimum atomic E-state index is 0.0741. The van der Waals surface area contributed by atoms with Crippen molar-refractivity contribution in [1.82, 2.24) is 9.88 Å². The number of carbonyl (C=O) groups is 1. The summed E-state index contributed by atoms with van der Waals surface area (Å²) in [4.78, 5) is 12.8. The van der Waals surface area contributed by atoms with Gasteiger partial charge in [0.15, 0.2) is 0 Å². The van der Waals surface area contributed by atoms with Gasteiger partial charge in [-0.25, -0.2) is 0 Å². The van der Waals surface area contributed by atoms with E-state index in [4.69, 9.17) is 4.74 Å². The van der Waals surface area contributed by atoms with Crippen molar-refractivity contribution in [2.24, 2.45) is 0 Å². The molecule has 4 nitrogen and oxygen atoms in total. The highest BCUT2D eigenvalue weighted by atomic mass is 16.5. The Morgan fingerprint density at radius 1 is 0.909 bits per heavy atom. The summed E-state index contributed by atoms with van der Waals surface area (Å²) in [6, 6.07) is 29.6. The normalized spacial score (nSPS) is 12.0. The topological polar surface area (TPSA) is 43.3 Å². The Balaban J connectivity index is 1.63. The van der Waals surface area contributed by atoms with Crippen molar-refractivity contribution in [3.63, 3.8) is 0 Å². The van der Waals surface area contributed by atoms with Gasteiger partial charge in [0.05, 0.1) is 6.61 Å². The fourth-order valence-corrected chi connectivity index (χ4v) is 4.45. The van der Waals surface area contributed by atoms with E-state index in [9.17, 15) is 4.79 Å². The molecule has 1 amide bonds. The van der Waals surface area contributed by atoms with Gasteiger partial charge >= 0.3 is 0 Å². The molecule has 1 atom stereocenters. The minimum absolute atomic E-state index is 0.0741. The number of benzene rings is 3. The first-order valence-corrected chi connectivity index (χ1v) is 11.7. The van der Waals surface area contributed by atoms with Gasteiger partial charge in [0.2, 0.25) is 5.91 Å². The van der Waals surface area contributed by atoms with Crippen LogP contribution in [0.3, 0.4) is 0 Å². The lowest BCUT2D eigenvalue weighted by atomic mass is 9.89. The number of rotatable bonds is 11. The van der Waals surface area contributed by atoms with Crippen molar-refractivity contribution in [3.05, 3.63) is 108 Å². The summed E-state index contributed by atoms with van der Waals surface area (Å²) in [5.41, 5.74) is 5.03. The summed E-state index contributed by atoms with van der Waals surface area (Å²) < 4.78 is 7.40. The molecule has 3 aromatic carbocycles. The van der Waals surface area contributed by atoms with E-state index in [0.717, 1.165) is 19.4 Å². The molecular weight excluding hydrogens is 408 g/mol. The second-order valence-electron chi connectivity index (χ2n) is 8.48. The number of carbonyl (C=O) groups excluding carboxylic acids is 1. The van der Waals surface area contributed by atoms with Crippen molar-refractivity contribution >= 4 is 16.8 Å². The lowest BCUT2D eigenvalue weighted by Gasteiger charge is -2.17. The maximum absolute atomic E-state index is 12.8. The maximum Gasteiger partial charge on any atom is 0.220 e. The predicted octanol–water partition coefficient (Wildman–Crippen LogP) is 5.56. The van der Waals surface area contributed by atoms with Crippen molar-refractivity contribution in [3.8, 4) is 0 Å². The molecular formula is C29H32N2O2. The van der Waals surface area contributed by atoms with Crippen molar-refractivity contribution in [2.75, 3.05) is 20.3 Å². The zero-order chi connectivity index (χ0) is 22.9. The van der Waals surface area contributed by atoms with Crippen LogP contribution in [0.5, 0.6) is 0 Å². The van der Waals surface area contributed by atoms with E-state index in [1.165, 1.54) is 27.6 Å². The van der Waals surface area contributed by atoms with Gasteiger partial charge in [-0.1, -0.05) is 78.9 Å². The number of fused-ring (bicyclic) bond motifs is 1. The fraction of sp³-hybridized carbons (Fsp3) is 0.276. The summed E-state index contributed by atoms with van der Waals surface area (Å²) in [7, 11) is 1.65. The number of nitrogens with zero attached hydrogens (tertiary/aromatic N) is 1. The Morgan fingerprint density at radius 2 is 1.58 bits per heavy atom. The van der Waals surface area contributed by atoms with E-state index in [0.29, 0.717) is 19.6 Å². The Morgan fingerprint density at radius 3 is 2.30 bits per heavy atom. The fourth-order valence-electron chi connectivity index (χ4n) is 4.45. The lowest BCUT2D eigenvalue weighted by molar-refractivity contribution is -0.121. The summed E-state index contributed by atoms with van der Waals surface area (Å²) in [6.07, 6.45) is 4.59. The van der Waals surface area contributed by atoms with Gasteiger partial charge in [0, 0.05) is 43.7 Å². The molecule has 0 aliphatic heterocycles. The van der Waals surface area contributed by atoms with Gasteiger partial charge in [-0.05, 0) is 41.5 Å². The molecule has 1 aromatic heterocycles. The van der Waals surface area contributed by atoms with Crippen LogP contribution < -0.4 is 5.32 Å². The highest BCUT2D eigenvalue weighted by Crippen LogP contribution is 2.33. The number of para-hydroxylation sites is 1. The third kappa shape index (κ3) is 6.11. The van der Waals surface area contributed by atoms with Crippen molar-refractivity contribution < 1.29 is 9.53 Å². The molecule has 1 unspecified atom stereocenters. The van der Waals surface area contributed by atoms with E-state index in [2.05, 4.69) is 88.9 Å². The number of methoxy groups -OCH3 is 1. The first-order chi connectivity index (χ1) is 16.2. The Kier molecular flexibility index (Phi) is 7.94. The number of aromatic nitrogens is 1. The molecule has 0 aliphatic carbocycles. The minimum Gasteiger partial charge on any atom is -0.383 e. The molecule has 0 saturated carbocycles. The van der Waals surface area contributed by atoms with Gasteiger partial charge in [-0.15, -0.1) is 0 Å². The molecule has 4 aromatic rings. The van der Waals surface area contributed by atoms with Crippen LogP contribution in [0, 0.1) is 0 Å². The zero-order valence-corrected chi connectivity index (χ0v) is 19.2. The lowest BCUT2D eigenvalue weighted by Crippen LogP contribution is -2.28. The second-order valence-corrected chi connectivity index (χ2v) is 8.48. The van der Waals surface area contributed by atoms with Crippen LogP contribution in [0.15, 0.2) is 91.1 Å². The highest BCUT2D eigenvalue weighted by molar-refractivity contribution is 5.86. The molecule has 0 aliphatic rings. The average Bonchev–Trinajstić information content (AvgIpc) is 3.21. The van der Waals surface area contributed by atoms with Crippen LogP contribution in [0.2, 0.25) is 0 Å². The third-order valence-corrected chi connectivity index (χ3v) is 6.14. The summed E-state index contributed by atoms with van der Waals surface area (Å²) in [5, 5.41) is 4.24. The van der Waals surface area contributed by atoms with Crippen LogP contribution in [-0.4, -0.2) is 30.7 Å². The van der Waals surface area contributed by atoms with Crippen LogP contribution >= 0.6 is 0 Å². The molecule has 33 heavy (non-hydrogen) atoms. The maximum atomic E-state index is 12.8. The van der Waals surface area contributed by atoms with Crippen molar-refractivity contribution in [2.45, 2.75) is 31.7 Å². The molecule has 0 bridgehead atoms. The van der Waals surface area contributed by atoms with Crippen LogP contribution in [0.1, 0.15) is 35.4 Å². The molecule has 0 radical (unpaired) electrons. The van der Waals surface area contributed by atoms with Gasteiger partial charge in [0.1, 0.15) is 0 Å². The number of hydrogen-bond donors (Lipinski definition) is 1. The van der Waals surface area contributed by atoms with Crippen molar-refractivity contribution in [1.29, 1.82) is 0 Å². The monoisotopic (exact) mass is 440 g/mol. The third-order valence-electron chi connectivity index (χ3n) is 6.14. The van der Waals surface area contributed by atoms with E-state index < -0.39 is 0 Å². The van der Waals surface area contributed by atoms with Crippen LogP contribution in [-0.2, 0) is 22.5 Å². The number of aryl methyl sites for hydroxylation is 1. The van der Waals surface area contributed by atoms with Gasteiger partial charge in [0.25, 0.3) is 0 Å². The Bertz CT molecular complexity index is 1150. The molecule has 0 spiro atoms. The Hall–Kier alpha value is -3.37. The van der Waals surface area contributed by atoms with E-state index in [-0.39, 0.29) is 11.8 Å². The summed E-state index contributed by atoms with van der Waals surface area (Å²) >= 11 is 0. The first kappa shape index (κ1) is 22.8. The summed E-state index contributed by atoms with van der Waals surface area (Å²) in [5.74, 6) is 0.208. The van der Waals surface area contributed by atoms with Gasteiger partial charge < -0.3 is 14.6 Å². The van der Waals surface area contributed by atoms with Crippen LogP contribution in [0.25, 0.3) is 10.9 Å². The molecule has 1 N–H and O–H groups in total. The second kappa shape index (κ2) is 11.5. The molecule has 0 fully saturated rings. The average molecular weight is 441 g/mol. The number of hydrogen-bond acceptors (Lipinski definition) is 2. The number of nitrogens with one attached hydrogen (secondary N) is 1. The SMILES string of the molecule is COCCNC(=O)CC(CCc1ccccc1)c1cn(Cc2ccccc2)c2ccccc12. The standard InChI is InChI=1S/C29H32N2O2/c1-33-19-18-30-29(32)20-25(17-16-23-10-4-2-5-11-23)27-22-31(21-24-12-6-3-7-13-24)28-15-9-8-14-26(27)28/h2-15,22,25H,16-21H2,1H3,(H,30,32). The largest absolute Gasteiger partial charge is 0.383 e. The van der Waals surface area contributed by atoms with E-state index in [1.54, 1.807) is 7.11 Å². The van der Waals surface area contributed by atoms with E-state index >= 15 is 0 Å². The van der Waals surface area contributed by atoms with Gasteiger partial charge in [-0.2, -0.15) is 0 Å². The first-order valence-electron chi connectivity index (χ1n) is 11.7. The number of ether oxygens (including phenoxy) is 1. The molecule has 170 valence electrons. The molecule has 4 heteroatoms. The van der Waals surface area contributed by atoms with Crippen LogP contribution in [0.4, 0.5) is 0 Å². The smallest absolute Gasteiger partial charge is 0.220 e. The van der Waals surface area contributed by atoms with E-state index in [1.807, 2.05) is 12.1 Å². The molecule has 1 heterocycles. The highest BCUT2D eigenvalue weighted by Gasteiger charge is 2.21. The quantitative estimate of drug-likeness (QED) is 0.310. The number of amides is 1. The molecule has 0 saturated heterocycles. The summed E-state index contributed by atoms with van der Waals surface area (Å²) in [6.45, 7) is 1.88. The molecule has 4 rings (SSSR count). The predicted molar refractivity (Wildman–Crippen MR) is 134 cm³/mol. The van der Waals surface area contributed by atoms with Gasteiger partial charge in [-0.3, -0.25) is 4.79 Å².